The van der Waals surface area contributed by atoms with Gasteiger partial charge in [-0.05, 0) is 43.7 Å². The van der Waals surface area contributed by atoms with Gasteiger partial charge < -0.3 is 4.90 Å². The summed E-state index contributed by atoms with van der Waals surface area (Å²) >= 11 is 0. The topological polar surface area (TPSA) is 20.3 Å². The zero-order valence-electron chi connectivity index (χ0n) is 15.5. The van der Waals surface area contributed by atoms with Gasteiger partial charge in [0, 0.05) is 17.6 Å². The predicted molar refractivity (Wildman–Crippen MR) is 103 cm³/mol. The van der Waals surface area contributed by atoms with Crippen LogP contribution in [0.15, 0.2) is 36.4 Å². The molecule has 0 aromatic heterocycles. The van der Waals surface area contributed by atoms with Gasteiger partial charge in [0.15, 0.2) is 0 Å². The molecule has 2 rings (SSSR count). The van der Waals surface area contributed by atoms with Crippen LogP contribution in [0.1, 0.15) is 38.1 Å². The quantitative estimate of drug-likeness (QED) is 0.749. The number of amides is 1. The monoisotopic (exact) mass is 327 g/mol. The summed E-state index contributed by atoms with van der Waals surface area (Å²) in [5.41, 5.74) is 0.921. The van der Waals surface area contributed by atoms with Crippen molar-refractivity contribution < 1.29 is 4.79 Å². The Bertz CT molecular complexity index is 705. The van der Waals surface area contributed by atoms with E-state index in [1.54, 1.807) is 0 Å². The summed E-state index contributed by atoms with van der Waals surface area (Å²) < 4.78 is 0. The minimum absolute atomic E-state index is 0.171. The average Bonchev–Trinajstić information content (AvgIpc) is 2.44. The zero-order valence-corrected chi connectivity index (χ0v) is 16.5. The molecule has 0 aliphatic carbocycles. The molecule has 0 N–H and O–H groups in total. The fourth-order valence-corrected chi connectivity index (χ4v) is 4.90. The van der Waals surface area contributed by atoms with Crippen molar-refractivity contribution in [1.82, 2.24) is 4.90 Å². The molecule has 2 nitrogen and oxygen atoms in total. The van der Waals surface area contributed by atoms with Gasteiger partial charge in [0.25, 0.3) is 5.91 Å². The Morgan fingerprint density at radius 3 is 2.00 bits per heavy atom. The number of rotatable bonds is 4. The maximum absolute atomic E-state index is 13.5. The van der Waals surface area contributed by atoms with E-state index in [1.165, 1.54) is 5.19 Å². The first-order chi connectivity index (χ1) is 10.6. The molecule has 0 fully saturated rings. The number of benzene rings is 2. The molecule has 0 saturated carbocycles. The van der Waals surface area contributed by atoms with Crippen LogP contribution in [0.4, 0.5) is 0 Å². The van der Waals surface area contributed by atoms with Crippen molar-refractivity contribution in [2.75, 3.05) is 0 Å². The fourth-order valence-electron chi connectivity index (χ4n) is 3.32. The van der Waals surface area contributed by atoms with E-state index < -0.39 is 8.07 Å². The predicted octanol–water partition coefficient (Wildman–Crippen LogP) is 4.64. The van der Waals surface area contributed by atoms with Crippen molar-refractivity contribution in [3.05, 3.63) is 42.0 Å². The van der Waals surface area contributed by atoms with E-state index >= 15 is 0 Å². The third-order valence-corrected chi connectivity index (χ3v) is 6.33. The smallest absolute Gasteiger partial charge is 0.254 e. The van der Waals surface area contributed by atoms with E-state index in [9.17, 15) is 4.79 Å². The van der Waals surface area contributed by atoms with Gasteiger partial charge in [-0.25, -0.2) is 0 Å². The first-order valence-electron chi connectivity index (χ1n) is 8.49. The molecule has 0 spiro atoms. The van der Waals surface area contributed by atoms with Gasteiger partial charge in [-0.2, -0.15) is 0 Å². The molecular weight excluding hydrogens is 298 g/mol. The normalized spacial score (nSPS) is 12.2. The average molecular weight is 328 g/mol. The second-order valence-corrected chi connectivity index (χ2v) is 12.9. The minimum atomic E-state index is -1.62. The molecule has 3 heteroatoms. The molecule has 2 aromatic rings. The van der Waals surface area contributed by atoms with Crippen molar-refractivity contribution in [2.45, 2.75) is 59.4 Å². The number of fused-ring (bicyclic) bond motifs is 1. The minimum Gasteiger partial charge on any atom is -0.334 e. The Kier molecular flexibility index (Phi) is 5.00. The first-order valence-corrected chi connectivity index (χ1v) is 12.0. The molecule has 0 atom stereocenters. The highest BCUT2D eigenvalue weighted by molar-refractivity contribution is 6.89. The van der Waals surface area contributed by atoms with Crippen LogP contribution in [0.3, 0.4) is 0 Å². The van der Waals surface area contributed by atoms with Gasteiger partial charge in [-0.15, -0.1) is 0 Å². The van der Waals surface area contributed by atoms with Crippen molar-refractivity contribution >= 4 is 29.9 Å². The van der Waals surface area contributed by atoms with Crippen LogP contribution in [0.25, 0.3) is 10.8 Å². The maximum Gasteiger partial charge on any atom is 0.254 e. The third kappa shape index (κ3) is 3.50. The largest absolute Gasteiger partial charge is 0.334 e. The van der Waals surface area contributed by atoms with Gasteiger partial charge in [0.1, 0.15) is 0 Å². The van der Waals surface area contributed by atoms with Gasteiger partial charge >= 0.3 is 0 Å². The standard InChI is InChI=1S/C20H29NOSi/c1-14(2)21(15(3)4)20(22)19-17-11-9-8-10-16(17)12-13-18(19)23(5,6)7/h8-15H,1-7H3. The fraction of sp³-hybridized carbons (Fsp3) is 0.450. The summed E-state index contributed by atoms with van der Waals surface area (Å²) in [6.45, 7) is 15.3. The Hall–Kier alpha value is -1.61. The number of carbonyl (C=O) groups is 1. The van der Waals surface area contributed by atoms with E-state index in [0.717, 1.165) is 16.3 Å². The number of carbonyl (C=O) groups excluding carboxylic acids is 1. The lowest BCUT2D eigenvalue weighted by Crippen LogP contribution is -2.48. The number of hydrogen-bond donors (Lipinski definition) is 0. The molecule has 0 saturated heterocycles. The highest BCUT2D eigenvalue weighted by Gasteiger charge is 2.30. The molecule has 0 unspecified atom stereocenters. The Labute approximate surface area is 141 Å². The number of hydrogen-bond acceptors (Lipinski definition) is 1. The van der Waals surface area contributed by atoms with Crippen LogP contribution in [-0.2, 0) is 0 Å². The molecule has 23 heavy (non-hydrogen) atoms. The molecule has 0 aliphatic heterocycles. The molecule has 2 aromatic carbocycles. The van der Waals surface area contributed by atoms with Crippen LogP contribution < -0.4 is 5.19 Å². The SMILES string of the molecule is CC(C)N(C(=O)c1c([Si](C)(C)C)ccc2ccccc12)C(C)C. The van der Waals surface area contributed by atoms with Gasteiger partial charge in [0.05, 0.1) is 8.07 Å². The molecule has 0 bridgehead atoms. The highest BCUT2D eigenvalue weighted by atomic mass is 28.3. The molecular formula is C20H29NOSi. The second-order valence-electron chi connectivity index (χ2n) is 7.86. The van der Waals surface area contributed by atoms with Gasteiger partial charge in [-0.1, -0.05) is 56.0 Å². The van der Waals surface area contributed by atoms with E-state index in [1.807, 2.05) is 17.0 Å². The zero-order chi connectivity index (χ0) is 17.4. The lowest BCUT2D eigenvalue weighted by atomic mass is 10.0. The van der Waals surface area contributed by atoms with E-state index in [4.69, 9.17) is 0 Å². The first kappa shape index (κ1) is 17.7. The second kappa shape index (κ2) is 6.48. The highest BCUT2D eigenvalue weighted by Crippen LogP contribution is 2.23. The van der Waals surface area contributed by atoms with Crippen LogP contribution in [0.2, 0.25) is 19.6 Å². The van der Waals surface area contributed by atoms with Crippen LogP contribution >= 0.6 is 0 Å². The van der Waals surface area contributed by atoms with Crippen LogP contribution in [-0.4, -0.2) is 31.0 Å². The number of nitrogens with zero attached hydrogens (tertiary/aromatic N) is 1. The van der Waals surface area contributed by atoms with E-state index in [2.05, 4.69) is 71.6 Å². The van der Waals surface area contributed by atoms with Crippen molar-refractivity contribution in [2.24, 2.45) is 0 Å². The van der Waals surface area contributed by atoms with Crippen molar-refractivity contribution in [3.63, 3.8) is 0 Å². The van der Waals surface area contributed by atoms with Gasteiger partial charge in [-0.3, -0.25) is 4.79 Å². The molecule has 124 valence electrons. The van der Waals surface area contributed by atoms with Crippen molar-refractivity contribution in [3.8, 4) is 0 Å². The van der Waals surface area contributed by atoms with Crippen LogP contribution in [0, 0.1) is 0 Å². The summed E-state index contributed by atoms with van der Waals surface area (Å²) in [5.74, 6) is 0.171. The Balaban J connectivity index is 2.77. The van der Waals surface area contributed by atoms with Gasteiger partial charge in [0.2, 0.25) is 0 Å². The summed E-state index contributed by atoms with van der Waals surface area (Å²) in [5, 5.41) is 3.49. The molecule has 0 heterocycles. The van der Waals surface area contributed by atoms with E-state index in [0.29, 0.717) is 0 Å². The Morgan fingerprint density at radius 1 is 0.913 bits per heavy atom. The van der Waals surface area contributed by atoms with Crippen molar-refractivity contribution in [1.29, 1.82) is 0 Å². The van der Waals surface area contributed by atoms with E-state index in [-0.39, 0.29) is 18.0 Å². The summed E-state index contributed by atoms with van der Waals surface area (Å²) in [6.07, 6.45) is 0. The lowest BCUT2D eigenvalue weighted by Gasteiger charge is -2.33. The molecule has 1 amide bonds. The maximum atomic E-state index is 13.5. The summed E-state index contributed by atoms with van der Waals surface area (Å²) in [4.78, 5) is 15.5. The third-order valence-electron chi connectivity index (χ3n) is 4.30. The van der Waals surface area contributed by atoms with Crippen LogP contribution in [0.5, 0.6) is 0 Å². The summed E-state index contributed by atoms with van der Waals surface area (Å²) in [7, 11) is -1.62. The Morgan fingerprint density at radius 2 is 1.48 bits per heavy atom. The lowest BCUT2D eigenvalue weighted by molar-refractivity contribution is 0.0647. The molecule has 0 aliphatic rings. The summed E-state index contributed by atoms with van der Waals surface area (Å²) in [6, 6.07) is 13.0. The molecule has 0 radical (unpaired) electrons.